The highest BCUT2D eigenvalue weighted by Crippen LogP contribution is 2.42. The smallest absolute Gasteiger partial charge is 0.191 e. The minimum absolute atomic E-state index is 0.0229. The van der Waals surface area contributed by atoms with E-state index in [4.69, 9.17) is 23.9 Å². The van der Waals surface area contributed by atoms with Crippen LogP contribution in [0.5, 0.6) is 11.5 Å². The second-order valence-corrected chi connectivity index (χ2v) is 7.64. The molecule has 0 heterocycles. The summed E-state index contributed by atoms with van der Waals surface area (Å²) in [6.45, 7) is 6.18. The fourth-order valence-corrected chi connectivity index (χ4v) is 3.99. The number of nitrogens with zero attached hydrogens (tertiary/aromatic N) is 1. The number of hydrogen-bond acceptors (Lipinski definition) is 5. The maximum atomic E-state index is 5.56. The third-order valence-corrected chi connectivity index (χ3v) is 5.66. The van der Waals surface area contributed by atoms with Crippen LogP contribution in [0.15, 0.2) is 23.2 Å². The lowest BCUT2D eigenvalue weighted by molar-refractivity contribution is 0.0733. The summed E-state index contributed by atoms with van der Waals surface area (Å²) in [4.78, 5) is 4.96. The molecule has 0 aliphatic heterocycles. The number of rotatable bonds is 12. The molecule has 0 bridgehead atoms. The summed E-state index contributed by atoms with van der Waals surface area (Å²) in [5.41, 5.74) is 1.30. The monoisotopic (exact) mass is 421 g/mol. The zero-order valence-corrected chi connectivity index (χ0v) is 19.1. The molecule has 0 spiro atoms. The van der Waals surface area contributed by atoms with Gasteiger partial charge in [-0.25, -0.2) is 0 Å². The Bertz CT molecular complexity index is 645. The van der Waals surface area contributed by atoms with E-state index in [1.807, 2.05) is 6.07 Å². The average Bonchev–Trinajstić information content (AvgIpc) is 2.79. The zero-order chi connectivity index (χ0) is 21.7. The molecule has 0 radical (unpaired) electrons. The molecule has 2 N–H and O–H groups in total. The summed E-state index contributed by atoms with van der Waals surface area (Å²) < 4.78 is 21.5. The molecule has 1 saturated carbocycles. The van der Waals surface area contributed by atoms with E-state index in [1.54, 1.807) is 21.3 Å². The Hall–Kier alpha value is -1.99. The van der Waals surface area contributed by atoms with Gasteiger partial charge in [-0.05, 0) is 37.5 Å². The van der Waals surface area contributed by atoms with Crippen LogP contribution in [0, 0.1) is 0 Å². The molecule has 7 heteroatoms. The van der Waals surface area contributed by atoms with E-state index in [9.17, 15) is 0 Å². The van der Waals surface area contributed by atoms with E-state index < -0.39 is 0 Å². The van der Waals surface area contributed by atoms with E-state index in [0.717, 1.165) is 43.4 Å². The fraction of sp³-hybridized carbons (Fsp3) is 0.696. The van der Waals surface area contributed by atoms with Crippen molar-refractivity contribution in [1.82, 2.24) is 10.6 Å². The third-order valence-electron chi connectivity index (χ3n) is 5.66. The summed E-state index contributed by atoms with van der Waals surface area (Å²) in [6.07, 6.45) is 6.00. The van der Waals surface area contributed by atoms with Gasteiger partial charge in [0.05, 0.1) is 40.6 Å². The molecule has 0 amide bonds. The van der Waals surface area contributed by atoms with Crippen LogP contribution >= 0.6 is 0 Å². The number of hydrogen-bond donors (Lipinski definition) is 2. The summed E-state index contributed by atoms with van der Waals surface area (Å²) in [7, 11) is 5.04. The van der Waals surface area contributed by atoms with Crippen LogP contribution in [-0.2, 0) is 14.9 Å². The van der Waals surface area contributed by atoms with Crippen molar-refractivity contribution in [1.29, 1.82) is 0 Å². The van der Waals surface area contributed by atoms with Crippen LogP contribution in [-0.4, -0.2) is 66.7 Å². The molecule has 1 aliphatic rings. The predicted molar refractivity (Wildman–Crippen MR) is 121 cm³/mol. The zero-order valence-electron chi connectivity index (χ0n) is 19.1. The van der Waals surface area contributed by atoms with Gasteiger partial charge in [0.25, 0.3) is 0 Å². The lowest BCUT2D eigenvalue weighted by Gasteiger charge is -2.37. The Kier molecular flexibility index (Phi) is 10.8. The van der Waals surface area contributed by atoms with Gasteiger partial charge in [-0.3, -0.25) is 4.99 Å². The van der Waals surface area contributed by atoms with Crippen molar-refractivity contribution in [3.8, 4) is 11.5 Å². The van der Waals surface area contributed by atoms with Gasteiger partial charge in [0.1, 0.15) is 0 Å². The third kappa shape index (κ3) is 7.06. The van der Waals surface area contributed by atoms with Gasteiger partial charge in [0, 0.05) is 25.6 Å². The van der Waals surface area contributed by atoms with Gasteiger partial charge in [0.15, 0.2) is 17.5 Å². The summed E-state index contributed by atoms with van der Waals surface area (Å²) in [5.74, 6) is 2.37. The van der Waals surface area contributed by atoms with Crippen LogP contribution in [0.4, 0.5) is 0 Å². The topological polar surface area (TPSA) is 73.3 Å². The normalized spacial score (nSPS) is 16.2. The average molecular weight is 422 g/mol. The Morgan fingerprint density at radius 2 is 1.73 bits per heavy atom. The maximum absolute atomic E-state index is 5.56. The number of guanidine groups is 1. The van der Waals surface area contributed by atoms with Gasteiger partial charge in [-0.2, -0.15) is 0 Å². The second kappa shape index (κ2) is 13.3. The molecule has 170 valence electrons. The van der Waals surface area contributed by atoms with Gasteiger partial charge in [-0.1, -0.05) is 25.3 Å². The molecule has 30 heavy (non-hydrogen) atoms. The Balaban J connectivity index is 2.11. The highest BCUT2D eigenvalue weighted by Gasteiger charge is 2.34. The van der Waals surface area contributed by atoms with E-state index in [1.165, 1.54) is 24.8 Å². The molecule has 0 aromatic heterocycles. The van der Waals surface area contributed by atoms with Crippen LogP contribution in [0.3, 0.4) is 0 Å². The van der Waals surface area contributed by atoms with Crippen molar-refractivity contribution in [2.75, 3.05) is 60.8 Å². The standard InChI is InChI=1S/C23H39N3O4/c1-5-24-22(25-13-14-30-16-15-27-2)26-18-23(11-7-6-8-12-23)19-9-10-20(28-3)21(17-19)29-4/h9-10,17H,5-8,11-16,18H2,1-4H3,(H2,24,25,26). The first-order chi connectivity index (χ1) is 14.7. The van der Waals surface area contributed by atoms with Crippen molar-refractivity contribution in [2.24, 2.45) is 4.99 Å². The van der Waals surface area contributed by atoms with E-state index in [-0.39, 0.29) is 5.41 Å². The highest BCUT2D eigenvalue weighted by molar-refractivity contribution is 5.79. The van der Waals surface area contributed by atoms with Crippen LogP contribution in [0.2, 0.25) is 0 Å². The first kappa shape index (κ1) is 24.3. The minimum Gasteiger partial charge on any atom is -0.493 e. The van der Waals surface area contributed by atoms with Crippen molar-refractivity contribution >= 4 is 5.96 Å². The Morgan fingerprint density at radius 1 is 0.967 bits per heavy atom. The molecule has 7 nitrogen and oxygen atoms in total. The molecule has 0 unspecified atom stereocenters. The van der Waals surface area contributed by atoms with Gasteiger partial charge < -0.3 is 29.6 Å². The fourth-order valence-electron chi connectivity index (χ4n) is 3.99. The maximum Gasteiger partial charge on any atom is 0.191 e. The molecule has 1 aromatic rings. The quantitative estimate of drug-likeness (QED) is 0.307. The van der Waals surface area contributed by atoms with Gasteiger partial charge in [-0.15, -0.1) is 0 Å². The number of methoxy groups -OCH3 is 3. The molecule has 0 atom stereocenters. The Labute approximate surface area is 181 Å². The van der Waals surface area contributed by atoms with Crippen molar-refractivity contribution in [3.05, 3.63) is 23.8 Å². The molecule has 1 fully saturated rings. The van der Waals surface area contributed by atoms with E-state index in [2.05, 4.69) is 29.7 Å². The van der Waals surface area contributed by atoms with Crippen molar-refractivity contribution in [3.63, 3.8) is 0 Å². The highest BCUT2D eigenvalue weighted by atomic mass is 16.5. The lowest BCUT2D eigenvalue weighted by atomic mass is 9.69. The van der Waals surface area contributed by atoms with Crippen LogP contribution in [0.1, 0.15) is 44.6 Å². The molecule has 1 aliphatic carbocycles. The van der Waals surface area contributed by atoms with Crippen LogP contribution < -0.4 is 20.1 Å². The van der Waals surface area contributed by atoms with E-state index >= 15 is 0 Å². The van der Waals surface area contributed by atoms with Gasteiger partial charge in [0.2, 0.25) is 0 Å². The minimum atomic E-state index is 0.0229. The molecule has 0 saturated heterocycles. The summed E-state index contributed by atoms with van der Waals surface area (Å²) in [5, 5.41) is 6.72. The molecular weight excluding hydrogens is 382 g/mol. The van der Waals surface area contributed by atoms with Crippen molar-refractivity contribution in [2.45, 2.75) is 44.4 Å². The van der Waals surface area contributed by atoms with Crippen LogP contribution in [0.25, 0.3) is 0 Å². The number of aliphatic imine (C=N–C) groups is 1. The number of nitrogens with one attached hydrogen (secondary N) is 2. The summed E-state index contributed by atoms with van der Waals surface area (Å²) >= 11 is 0. The summed E-state index contributed by atoms with van der Waals surface area (Å²) in [6, 6.07) is 6.31. The largest absolute Gasteiger partial charge is 0.493 e. The SMILES string of the molecule is CCNC(=NCC1(c2ccc(OC)c(OC)c2)CCCCC1)NCCOCCOC. The molecule has 2 rings (SSSR count). The predicted octanol–water partition coefficient (Wildman–Crippen LogP) is 3.12. The van der Waals surface area contributed by atoms with E-state index in [0.29, 0.717) is 26.4 Å². The Morgan fingerprint density at radius 3 is 2.40 bits per heavy atom. The van der Waals surface area contributed by atoms with Crippen molar-refractivity contribution < 1.29 is 18.9 Å². The molecule has 1 aromatic carbocycles. The second-order valence-electron chi connectivity index (χ2n) is 7.64. The number of benzene rings is 1. The lowest BCUT2D eigenvalue weighted by Crippen LogP contribution is -2.41. The molecular formula is C23H39N3O4. The first-order valence-corrected chi connectivity index (χ1v) is 11.0. The number of ether oxygens (including phenoxy) is 4. The first-order valence-electron chi connectivity index (χ1n) is 11.0. The van der Waals surface area contributed by atoms with Gasteiger partial charge >= 0.3 is 0 Å².